The molecule has 21 heavy (non-hydrogen) atoms. The number of nitrogens with zero attached hydrogens (tertiary/aromatic N) is 3. The van der Waals surface area contributed by atoms with Crippen LogP contribution in [0.5, 0.6) is 0 Å². The Bertz CT molecular complexity index is 350. The highest BCUT2D eigenvalue weighted by Crippen LogP contribution is 2.06. The maximum Gasteiger partial charge on any atom is 0.409 e. The summed E-state index contributed by atoms with van der Waals surface area (Å²) >= 11 is 0. The molecule has 0 aliphatic carbocycles. The van der Waals surface area contributed by atoms with Crippen molar-refractivity contribution in [1.29, 1.82) is 0 Å². The predicted octanol–water partition coefficient (Wildman–Crippen LogP) is 0.00940. The van der Waals surface area contributed by atoms with Crippen LogP contribution in [0, 0.1) is 0 Å². The molecule has 2 aliphatic rings. The molecule has 0 saturated carbocycles. The lowest BCUT2D eigenvalue weighted by molar-refractivity contribution is -0.135. The van der Waals surface area contributed by atoms with Crippen molar-refractivity contribution in [2.75, 3.05) is 65.6 Å². The molecule has 0 aromatic heterocycles. The van der Waals surface area contributed by atoms with Gasteiger partial charge in [0.2, 0.25) is 5.91 Å². The Morgan fingerprint density at radius 3 is 2.29 bits per heavy atom. The van der Waals surface area contributed by atoms with E-state index in [2.05, 4.69) is 4.90 Å². The topological polar surface area (TPSA) is 62.3 Å². The third-order valence-electron chi connectivity index (χ3n) is 3.90. The van der Waals surface area contributed by atoms with Gasteiger partial charge in [-0.1, -0.05) is 0 Å². The molecular formula is C14H25N3O4. The largest absolute Gasteiger partial charge is 0.450 e. The van der Waals surface area contributed by atoms with E-state index in [1.165, 1.54) is 0 Å². The Balaban J connectivity index is 1.64. The van der Waals surface area contributed by atoms with Gasteiger partial charge in [-0.05, 0) is 6.92 Å². The van der Waals surface area contributed by atoms with E-state index in [-0.39, 0.29) is 12.0 Å². The highest BCUT2D eigenvalue weighted by atomic mass is 16.6. The number of piperazine rings is 1. The summed E-state index contributed by atoms with van der Waals surface area (Å²) in [6.07, 6.45) is 0.306. The third-order valence-corrected chi connectivity index (χ3v) is 3.90. The Hall–Kier alpha value is -1.34. The van der Waals surface area contributed by atoms with Crippen molar-refractivity contribution in [2.24, 2.45) is 0 Å². The van der Waals surface area contributed by atoms with Crippen LogP contribution in [0.4, 0.5) is 4.79 Å². The van der Waals surface area contributed by atoms with Gasteiger partial charge in [0, 0.05) is 52.2 Å². The molecule has 7 heteroatoms. The van der Waals surface area contributed by atoms with E-state index in [1.807, 2.05) is 11.8 Å². The normalized spacial score (nSPS) is 20.4. The van der Waals surface area contributed by atoms with Gasteiger partial charge in [0.1, 0.15) is 0 Å². The summed E-state index contributed by atoms with van der Waals surface area (Å²) in [5.41, 5.74) is 0. The summed E-state index contributed by atoms with van der Waals surface area (Å²) in [5.74, 6) is 0.200. The molecule has 0 aromatic carbocycles. The van der Waals surface area contributed by atoms with Gasteiger partial charge < -0.3 is 19.3 Å². The van der Waals surface area contributed by atoms with Crippen molar-refractivity contribution in [2.45, 2.75) is 13.3 Å². The quantitative estimate of drug-likeness (QED) is 0.732. The lowest BCUT2D eigenvalue weighted by Crippen LogP contribution is -2.49. The number of ether oxygens (including phenoxy) is 2. The second-order valence-electron chi connectivity index (χ2n) is 5.27. The smallest absolute Gasteiger partial charge is 0.409 e. The van der Waals surface area contributed by atoms with Gasteiger partial charge in [-0.2, -0.15) is 0 Å². The first-order valence-corrected chi connectivity index (χ1v) is 7.70. The second kappa shape index (κ2) is 8.19. The first-order valence-electron chi connectivity index (χ1n) is 7.70. The second-order valence-corrected chi connectivity index (χ2v) is 5.27. The molecule has 0 N–H and O–H groups in total. The summed E-state index contributed by atoms with van der Waals surface area (Å²) < 4.78 is 10.2. The van der Waals surface area contributed by atoms with Gasteiger partial charge >= 0.3 is 6.09 Å². The monoisotopic (exact) mass is 299 g/mol. The van der Waals surface area contributed by atoms with Crippen molar-refractivity contribution in [3.63, 3.8) is 0 Å². The number of amides is 2. The van der Waals surface area contributed by atoms with E-state index in [0.29, 0.717) is 52.4 Å². The van der Waals surface area contributed by atoms with Crippen LogP contribution >= 0.6 is 0 Å². The fourth-order valence-corrected chi connectivity index (χ4v) is 2.59. The Labute approximate surface area is 125 Å². The molecule has 0 spiro atoms. The summed E-state index contributed by atoms with van der Waals surface area (Å²) in [4.78, 5) is 29.5. The molecule has 2 amide bonds. The van der Waals surface area contributed by atoms with Gasteiger partial charge in [-0.3, -0.25) is 9.69 Å². The maximum atomic E-state index is 12.1. The minimum Gasteiger partial charge on any atom is -0.450 e. The molecule has 120 valence electrons. The molecule has 0 unspecified atom stereocenters. The molecular weight excluding hydrogens is 274 g/mol. The zero-order valence-corrected chi connectivity index (χ0v) is 12.8. The maximum absolute atomic E-state index is 12.1. The van der Waals surface area contributed by atoms with E-state index >= 15 is 0 Å². The van der Waals surface area contributed by atoms with Gasteiger partial charge in [-0.15, -0.1) is 0 Å². The number of hydrogen-bond acceptors (Lipinski definition) is 5. The van der Waals surface area contributed by atoms with E-state index < -0.39 is 0 Å². The number of carbonyl (C=O) groups is 2. The highest BCUT2D eigenvalue weighted by Gasteiger charge is 2.23. The van der Waals surface area contributed by atoms with Crippen LogP contribution in [0.25, 0.3) is 0 Å². The fourth-order valence-electron chi connectivity index (χ4n) is 2.59. The zero-order valence-electron chi connectivity index (χ0n) is 12.8. The molecule has 0 radical (unpaired) electrons. The molecule has 2 fully saturated rings. The lowest BCUT2D eigenvalue weighted by atomic mass is 10.2. The van der Waals surface area contributed by atoms with E-state index in [9.17, 15) is 9.59 Å². The Kier molecular flexibility index (Phi) is 6.25. The average Bonchev–Trinajstić information content (AvgIpc) is 2.54. The number of morpholine rings is 1. The summed E-state index contributed by atoms with van der Waals surface area (Å²) in [5, 5.41) is 0. The Morgan fingerprint density at radius 1 is 1.00 bits per heavy atom. The predicted molar refractivity (Wildman–Crippen MR) is 77.1 cm³/mol. The van der Waals surface area contributed by atoms with Gasteiger partial charge in [0.25, 0.3) is 0 Å². The summed E-state index contributed by atoms with van der Waals surface area (Å²) in [6, 6.07) is 0. The first-order chi connectivity index (χ1) is 10.2. The molecule has 2 heterocycles. The fraction of sp³-hybridized carbons (Fsp3) is 0.857. The van der Waals surface area contributed by atoms with Crippen molar-refractivity contribution >= 4 is 12.0 Å². The minimum atomic E-state index is -0.235. The van der Waals surface area contributed by atoms with Gasteiger partial charge in [0.15, 0.2) is 0 Å². The standard InChI is InChI=1S/C14H25N3O4/c1-2-21-14(19)17-7-5-15(6-8-17)4-3-13(18)16-9-11-20-12-10-16/h2-12H2,1H3. The number of rotatable bonds is 4. The van der Waals surface area contributed by atoms with Gasteiger partial charge in [0.05, 0.1) is 19.8 Å². The highest BCUT2D eigenvalue weighted by molar-refractivity contribution is 5.76. The third kappa shape index (κ3) is 4.86. The summed E-state index contributed by atoms with van der Waals surface area (Å²) in [7, 11) is 0. The molecule has 2 rings (SSSR count). The molecule has 0 bridgehead atoms. The van der Waals surface area contributed by atoms with Crippen molar-refractivity contribution in [3.8, 4) is 0 Å². The molecule has 0 atom stereocenters. The van der Waals surface area contributed by atoms with Crippen LogP contribution in [-0.4, -0.2) is 92.3 Å². The summed E-state index contributed by atoms with van der Waals surface area (Å²) in [6.45, 7) is 8.61. The van der Waals surface area contributed by atoms with Gasteiger partial charge in [-0.25, -0.2) is 4.79 Å². The van der Waals surface area contributed by atoms with Crippen molar-refractivity contribution in [3.05, 3.63) is 0 Å². The van der Waals surface area contributed by atoms with Crippen LogP contribution < -0.4 is 0 Å². The van der Waals surface area contributed by atoms with E-state index in [4.69, 9.17) is 9.47 Å². The van der Waals surface area contributed by atoms with Crippen LogP contribution in [-0.2, 0) is 14.3 Å². The SMILES string of the molecule is CCOC(=O)N1CCN(CCC(=O)N2CCOCC2)CC1. The zero-order chi connectivity index (χ0) is 15.1. The van der Waals surface area contributed by atoms with Crippen molar-refractivity contribution < 1.29 is 19.1 Å². The lowest BCUT2D eigenvalue weighted by Gasteiger charge is -2.34. The minimum absolute atomic E-state index is 0.200. The molecule has 2 aliphatic heterocycles. The van der Waals surface area contributed by atoms with Crippen LogP contribution in [0.1, 0.15) is 13.3 Å². The van der Waals surface area contributed by atoms with E-state index in [1.54, 1.807) is 4.90 Å². The van der Waals surface area contributed by atoms with Crippen LogP contribution in [0.15, 0.2) is 0 Å². The Morgan fingerprint density at radius 2 is 1.67 bits per heavy atom. The average molecular weight is 299 g/mol. The first kappa shape index (κ1) is 16.0. The van der Waals surface area contributed by atoms with Crippen molar-refractivity contribution in [1.82, 2.24) is 14.7 Å². The molecule has 7 nitrogen and oxygen atoms in total. The van der Waals surface area contributed by atoms with Crippen LogP contribution in [0.2, 0.25) is 0 Å². The van der Waals surface area contributed by atoms with E-state index in [0.717, 1.165) is 19.6 Å². The molecule has 0 aromatic rings. The number of carbonyl (C=O) groups excluding carboxylic acids is 2. The molecule has 2 saturated heterocycles. The number of hydrogen-bond donors (Lipinski definition) is 0. The van der Waals surface area contributed by atoms with Crippen LogP contribution in [0.3, 0.4) is 0 Å².